The zero-order valence-corrected chi connectivity index (χ0v) is 10.3. The van der Waals surface area contributed by atoms with Gasteiger partial charge in [-0.3, -0.25) is 0 Å². The Balaban J connectivity index is 2.09. The molecule has 0 aliphatic carbocycles. The molecular formula is C13H26O2. The Hall–Kier alpha value is -0.0800. The zero-order chi connectivity index (χ0) is 10.9. The first-order valence-corrected chi connectivity index (χ1v) is 6.60. The Kier molecular flexibility index (Phi) is 7.03. The van der Waals surface area contributed by atoms with Crippen LogP contribution in [-0.4, -0.2) is 19.5 Å². The summed E-state index contributed by atoms with van der Waals surface area (Å²) < 4.78 is 11.4. The molecule has 1 rings (SSSR count). The van der Waals surface area contributed by atoms with Gasteiger partial charge < -0.3 is 9.47 Å². The highest BCUT2D eigenvalue weighted by molar-refractivity contribution is 4.59. The van der Waals surface area contributed by atoms with Gasteiger partial charge in [-0.15, -0.1) is 0 Å². The van der Waals surface area contributed by atoms with Crippen LogP contribution in [-0.2, 0) is 9.47 Å². The van der Waals surface area contributed by atoms with Crippen molar-refractivity contribution in [2.24, 2.45) is 5.92 Å². The molecule has 1 aliphatic heterocycles. The first-order valence-electron chi connectivity index (χ1n) is 6.60. The Morgan fingerprint density at radius 2 is 2.20 bits per heavy atom. The third-order valence-electron chi connectivity index (χ3n) is 3.20. The van der Waals surface area contributed by atoms with Gasteiger partial charge in [0.15, 0.2) is 6.29 Å². The number of ether oxygens (including phenoxy) is 2. The second-order valence-corrected chi connectivity index (χ2v) is 4.55. The minimum atomic E-state index is 0.0921. The van der Waals surface area contributed by atoms with Crippen LogP contribution in [0.3, 0.4) is 0 Å². The van der Waals surface area contributed by atoms with Gasteiger partial charge >= 0.3 is 0 Å². The van der Waals surface area contributed by atoms with E-state index in [4.69, 9.17) is 9.47 Å². The van der Waals surface area contributed by atoms with E-state index < -0.39 is 0 Å². The summed E-state index contributed by atoms with van der Waals surface area (Å²) in [6, 6.07) is 0. The first-order chi connectivity index (χ1) is 7.36. The molecule has 0 N–H and O–H groups in total. The number of hydrogen-bond donors (Lipinski definition) is 0. The second kappa shape index (κ2) is 8.12. The second-order valence-electron chi connectivity index (χ2n) is 4.55. The van der Waals surface area contributed by atoms with E-state index in [1.807, 2.05) is 0 Å². The molecule has 0 aromatic rings. The average molecular weight is 214 g/mol. The number of hydrogen-bond acceptors (Lipinski definition) is 2. The molecule has 1 saturated heterocycles. The van der Waals surface area contributed by atoms with Crippen molar-refractivity contribution in [3.63, 3.8) is 0 Å². The van der Waals surface area contributed by atoms with Gasteiger partial charge in [-0.1, -0.05) is 33.1 Å². The maximum Gasteiger partial charge on any atom is 0.157 e. The van der Waals surface area contributed by atoms with Gasteiger partial charge in [-0.2, -0.15) is 0 Å². The molecule has 0 spiro atoms. The summed E-state index contributed by atoms with van der Waals surface area (Å²) in [5, 5.41) is 0. The Labute approximate surface area is 94.3 Å². The predicted octanol–water partition coefficient (Wildman–Crippen LogP) is 3.75. The van der Waals surface area contributed by atoms with E-state index in [9.17, 15) is 0 Å². The van der Waals surface area contributed by atoms with E-state index in [1.54, 1.807) is 0 Å². The van der Waals surface area contributed by atoms with Gasteiger partial charge in [0.1, 0.15) is 0 Å². The monoisotopic (exact) mass is 214 g/mol. The van der Waals surface area contributed by atoms with Crippen LogP contribution in [0.25, 0.3) is 0 Å². The van der Waals surface area contributed by atoms with Crippen LogP contribution in [0.15, 0.2) is 0 Å². The van der Waals surface area contributed by atoms with E-state index in [0.717, 1.165) is 25.6 Å². The summed E-state index contributed by atoms with van der Waals surface area (Å²) in [5.74, 6) is 0.732. The van der Waals surface area contributed by atoms with Gasteiger partial charge in [0.2, 0.25) is 0 Å². The fourth-order valence-electron chi connectivity index (χ4n) is 1.98. The number of rotatable bonds is 7. The van der Waals surface area contributed by atoms with E-state index in [-0.39, 0.29) is 6.29 Å². The van der Waals surface area contributed by atoms with Crippen LogP contribution in [0.5, 0.6) is 0 Å². The van der Waals surface area contributed by atoms with Crippen LogP contribution >= 0.6 is 0 Å². The average Bonchev–Trinajstić information content (AvgIpc) is 2.31. The summed E-state index contributed by atoms with van der Waals surface area (Å²) in [7, 11) is 0. The molecule has 0 aromatic carbocycles. The van der Waals surface area contributed by atoms with Crippen molar-refractivity contribution in [1.82, 2.24) is 0 Å². The molecule has 0 bridgehead atoms. The van der Waals surface area contributed by atoms with Crippen LogP contribution < -0.4 is 0 Å². The van der Waals surface area contributed by atoms with E-state index in [0.29, 0.717) is 0 Å². The summed E-state index contributed by atoms with van der Waals surface area (Å²) in [6.07, 6.45) is 8.79. The molecule has 0 radical (unpaired) electrons. The Morgan fingerprint density at radius 3 is 2.80 bits per heavy atom. The lowest BCUT2D eigenvalue weighted by Crippen LogP contribution is -2.24. The van der Waals surface area contributed by atoms with Gasteiger partial charge in [0, 0.05) is 6.61 Å². The fraction of sp³-hybridized carbons (Fsp3) is 1.00. The molecule has 2 nitrogen and oxygen atoms in total. The Bertz CT molecular complexity index is 141. The SMILES string of the molecule is CCCCC(CC)COC1CCCCO1. The zero-order valence-electron chi connectivity index (χ0n) is 10.3. The predicted molar refractivity (Wildman–Crippen MR) is 62.8 cm³/mol. The fourth-order valence-corrected chi connectivity index (χ4v) is 1.98. The minimum Gasteiger partial charge on any atom is -0.353 e. The van der Waals surface area contributed by atoms with Crippen molar-refractivity contribution in [3.8, 4) is 0 Å². The van der Waals surface area contributed by atoms with Crippen molar-refractivity contribution in [2.75, 3.05) is 13.2 Å². The normalized spacial score (nSPS) is 24.0. The van der Waals surface area contributed by atoms with Gasteiger partial charge in [-0.05, 0) is 31.6 Å². The summed E-state index contributed by atoms with van der Waals surface area (Å²) in [4.78, 5) is 0. The van der Waals surface area contributed by atoms with Crippen molar-refractivity contribution >= 4 is 0 Å². The molecular weight excluding hydrogens is 188 g/mol. The standard InChI is InChI=1S/C13H26O2/c1-3-5-8-12(4-2)11-15-13-9-6-7-10-14-13/h12-13H,3-11H2,1-2H3. The van der Waals surface area contributed by atoms with E-state index >= 15 is 0 Å². The molecule has 0 saturated carbocycles. The molecule has 90 valence electrons. The molecule has 2 unspecified atom stereocenters. The molecule has 15 heavy (non-hydrogen) atoms. The highest BCUT2D eigenvalue weighted by Gasteiger charge is 2.15. The smallest absolute Gasteiger partial charge is 0.157 e. The lowest BCUT2D eigenvalue weighted by molar-refractivity contribution is -0.169. The third-order valence-corrected chi connectivity index (χ3v) is 3.20. The van der Waals surface area contributed by atoms with Crippen LogP contribution in [0.1, 0.15) is 58.8 Å². The van der Waals surface area contributed by atoms with Gasteiger partial charge in [0.25, 0.3) is 0 Å². The molecule has 1 aliphatic rings. The van der Waals surface area contributed by atoms with Crippen molar-refractivity contribution < 1.29 is 9.47 Å². The lowest BCUT2D eigenvalue weighted by Gasteiger charge is -2.25. The molecule has 0 aromatic heterocycles. The van der Waals surface area contributed by atoms with Crippen LogP contribution in [0.4, 0.5) is 0 Å². The maximum atomic E-state index is 5.81. The first kappa shape index (κ1) is 13.0. The lowest BCUT2D eigenvalue weighted by atomic mass is 10.0. The quantitative estimate of drug-likeness (QED) is 0.642. The summed E-state index contributed by atoms with van der Waals surface area (Å²) in [5.41, 5.74) is 0. The molecule has 2 heteroatoms. The molecule has 2 atom stereocenters. The van der Waals surface area contributed by atoms with Crippen LogP contribution in [0, 0.1) is 5.92 Å². The summed E-state index contributed by atoms with van der Waals surface area (Å²) in [6.45, 7) is 6.28. The third kappa shape index (κ3) is 5.53. The van der Waals surface area contributed by atoms with Crippen molar-refractivity contribution in [1.29, 1.82) is 0 Å². The Morgan fingerprint density at radius 1 is 1.33 bits per heavy atom. The van der Waals surface area contributed by atoms with E-state index in [2.05, 4.69) is 13.8 Å². The topological polar surface area (TPSA) is 18.5 Å². The van der Waals surface area contributed by atoms with Crippen molar-refractivity contribution in [3.05, 3.63) is 0 Å². The molecule has 1 fully saturated rings. The van der Waals surface area contributed by atoms with Gasteiger partial charge in [0.05, 0.1) is 6.61 Å². The maximum absolute atomic E-state index is 5.81. The highest BCUT2D eigenvalue weighted by Crippen LogP contribution is 2.18. The summed E-state index contributed by atoms with van der Waals surface area (Å²) >= 11 is 0. The molecule has 0 amide bonds. The van der Waals surface area contributed by atoms with Crippen molar-refractivity contribution in [2.45, 2.75) is 65.1 Å². The highest BCUT2D eigenvalue weighted by atomic mass is 16.7. The van der Waals surface area contributed by atoms with E-state index in [1.165, 1.54) is 38.5 Å². The minimum absolute atomic E-state index is 0.0921. The van der Waals surface area contributed by atoms with Gasteiger partial charge in [-0.25, -0.2) is 0 Å². The van der Waals surface area contributed by atoms with Crippen LogP contribution in [0.2, 0.25) is 0 Å². The largest absolute Gasteiger partial charge is 0.353 e. The number of unbranched alkanes of at least 4 members (excludes halogenated alkanes) is 1. The molecule has 1 heterocycles.